The maximum absolute atomic E-state index is 11.7. The monoisotopic (exact) mass is 248 g/mol. The van der Waals surface area contributed by atoms with E-state index in [4.69, 9.17) is 4.52 Å². The van der Waals surface area contributed by atoms with Crippen molar-refractivity contribution in [2.75, 3.05) is 0 Å². The highest BCUT2D eigenvalue weighted by Crippen LogP contribution is 2.47. The van der Waals surface area contributed by atoms with E-state index in [2.05, 4.69) is 0 Å². The van der Waals surface area contributed by atoms with Crippen molar-refractivity contribution in [3.63, 3.8) is 0 Å². The van der Waals surface area contributed by atoms with Gasteiger partial charge in [-0.05, 0) is 35.7 Å². The molecule has 1 rings (SSSR count). The second-order valence-corrected chi connectivity index (χ2v) is 6.21. The van der Waals surface area contributed by atoms with Crippen LogP contribution in [-0.4, -0.2) is 11.0 Å². The number of rotatable bonds is 6. The lowest BCUT2D eigenvalue weighted by Gasteiger charge is -2.16. The summed E-state index contributed by atoms with van der Waals surface area (Å²) in [7, 11) is -3.46. The predicted molar refractivity (Wildman–Crippen MR) is 63.3 cm³/mol. The standard InChI is InChI=1S/C10H17O3PS/c1-3-4-9(2)13-14(11,12)7-10-5-6-15-8-10/h5-6,8-9H,3-4,7H2,1-2H3,(H,11,12). The molecule has 0 spiro atoms. The molecule has 0 radical (unpaired) electrons. The van der Waals surface area contributed by atoms with Gasteiger partial charge in [0.2, 0.25) is 0 Å². The summed E-state index contributed by atoms with van der Waals surface area (Å²) in [5.41, 5.74) is 0.870. The first-order valence-electron chi connectivity index (χ1n) is 5.05. The number of hydrogen-bond donors (Lipinski definition) is 1. The zero-order valence-electron chi connectivity index (χ0n) is 9.05. The molecular formula is C10H17O3PS. The van der Waals surface area contributed by atoms with Gasteiger partial charge in [0.25, 0.3) is 0 Å². The average Bonchev–Trinajstić information content (AvgIpc) is 2.54. The molecule has 86 valence electrons. The first-order valence-corrected chi connectivity index (χ1v) is 7.75. The molecule has 15 heavy (non-hydrogen) atoms. The van der Waals surface area contributed by atoms with E-state index in [1.54, 1.807) is 0 Å². The van der Waals surface area contributed by atoms with Gasteiger partial charge >= 0.3 is 7.60 Å². The van der Waals surface area contributed by atoms with Crippen LogP contribution < -0.4 is 0 Å². The maximum atomic E-state index is 11.7. The second kappa shape index (κ2) is 5.80. The minimum Gasteiger partial charge on any atom is -0.324 e. The van der Waals surface area contributed by atoms with Crippen molar-refractivity contribution in [3.05, 3.63) is 22.4 Å². The highest BCUT2D eigenvalue weighted by Gasteiger charge is 2.22. The number of hydrogen-bond acceptors (Lipinski definition) is 3. The highest BCUT2D eigenvalue weighted by atomic mass is 32.1. The van der Waals surface area contributed by atoms with Crippen LogP contribution in [0.2, 0.25) is 0 Å². The predicted octanol–water partition coefficient (Wildman–Crippen LogP) is 3.64. The normalized spacial score (nSPS) is 17.3. The number of thiophene rings is 1. The second-order valence-electron chi connectivity index (χ2n) is 3.63. The van der Waals surface area contributed by atoms with E-state index in [1.165, 1.54) is 11.3 Å². The van der Waals surface area contributed by atoms with Gasteiger partial charge in [0.05, 0.1) is 12.3 Å². The summed E-state index contributed by atoms with van der Waals surface area (Å²) in [6.07, 6.45) is 1.74. The van der Waals surface area contributed by atoms with Gasteiger partial charge in [0.1, 0.15) is 0 Å². The van der Waals surface area contributed by atoms with Crippen LogP contribution >= 0.6 is 18.9 Å². The third kappa shape index (κ3) is 4.94. The fourth-order valence-electron chi connectivity index (χ4n) is 1.39. The minimum absolute atomic E-state index is 0.116. The van der Waals surface area contributed by atoms with Gasteiger partial charge in [-0.25, -0.2) is 0 Å². The summed E-state index contributed by atoms with van der Waals surface area (Å²) in [5, 5.41) is 3.77. The van der Waals surface area contributed by atoms with Crippen LogP contribution in [0.4, 0.5) is 0 Å². The summed E-state index contributed by atoms with van der Waals surface area (Å²) in [6.45, 7) is 3.86. The van der Waals surface area contributed by atoms with Crippen LogP contribution in [0.15, 0.2) is 16.8 Å². The molecule has 1 N–H and O–H groups in total. The summed E-state index contributed by atoms with van der Waals surface area (Å²) in [5.74, 6) is 0. The van der Waals surface area contributed by atoms with E-state index in [9.17, 15) is 9.46 Å². The molecule has 0 aliphatic carbocycles. The van der Waals surface area contributed by atoms with Gasteiger partial charge in [0, 0.05) is 0 Å². The Morgan fingerprint density at radius 1 is 1.67 bits per heavy atom. The molecule has 3 nitrogen and oxygen atoms in total. The molecular weight excluding hydrogens is 231 g/mol. The molecule has 1 aromatic heterocycles. The molecule has 0 saturated carbocycles. The van der Waals surface area contributed by atoms with E-state index in [1.807, 2.05) is 30.7 Å². The molecule has 0 fully saturated rings. The molecule has 2 atom stereocenters. The lowest BCUT2D eigenvalue weighted by molar-refractivity contribution is 0.179. The Morgan fingerprint density at radius 2 is 2.40 bits per heavy atom. The Balaban J connectivity index is 2.48. The Kier molecular flexibility index (Phi) is 5.00. The lowest BCUT2D eigenvalue weighted by Crippen LogP contribution is -2.06. The minimum atomic E-state index is -3.46. The van der Waals surface area contributed by atoms with E-state index >= 15 is 0 Å². The quantitative estimate of drug-likeness (QED) is 0.782. The Morgan fingerprint density at radius 3 is 2.93 bits per heavy atom. The third-order valence-corrected chi connectivity index (χ3v) is 4.19. The molecule has 0 aliphatic heterocycles. The van der Waals surface area contributed by atoms with Crippen LogP contribution in [-0.2, 0) is 15.3 Å². The molecule has 5 heteroatoms. The summed E-state index contributed by atoms with van der Waals surface area (Å²) >= 11 is 1.52. The zero-order valence-corrected chi connectivity index (χ0v) is 10.8. The average molecular weight is 248 g/mol. The SMILES string of the molecule is CCCC(C)OP(=O)(O)Cc1ccsc1. The van der Waals surface area contributed by atoms with Gasteiger partial charge in [-0.2, -0.15) is 11.3 Å². The van der Waals surface area contributed by atoms with Crippen molar-refractivity contribution >= 4 is 18.9 Å². The molecule has 0 bridgehead atoms. The summed E-state index contributed by atoms with van der Waals surface area (Å²) < 4.78 is 16.9. The first kappa shape index (κ1) is 12.9. The summed E-state index contributed by atoms with van der Waals surface area (Å²) in [4.78, 5) is 9.62. The fraction of sp³-hybridized carbons (Fsp3) is 0.600. The van der Waals surface area contributed by atoms with Crippen molar-refractivity contribution < 1.29 is 14.0 Å². The Bertz CT molecular complexity index is 323. The smallest absolute Gasteiger partial charge is 0.324 e. The van der Waals surface area contributed by atoms with Gasteiger partial charge in [0.15, 0.2) is 0 Å². The Hall–Kier alpha value is -0.150. The van der Waals surface area contributed by atoms with Gasteiger partial charge < -0.3 is 9.42 Å². The maximum Gasteiger partial charge on any atom is 0.332 e. The zero-order chi connectivity index (χ0) is 11.3. The highest BCUT2D eigenvalue weighted by molar-refractivity contribution is 7.52. The van der Waals surface area contributed by atoms with Crippen molar-refractivity contribution in [3.8, 4) is 0 Å². The molecule has 1 aromatic rings. The van der Waals surface area contributed by atoms with Crippen molar-refractivity contribution in [1.29, 1.82) is 0 Å². The molecule has 0 aliphatic rings. The van der Waals surface area contributed by atoms with E-state index in [-0.39, 0.29) is 12.3 Å². The van der Waals surface area contributed by atoms with Gasteiger partial charge in [-0.1, -0.05) is 13.3 Å². The Labute approximate surface area is 94.6 Å². The third-order valence-electron chi connectivity index (χ3n) is 2.00. The fourth-order valence-corrected chi connectivity index (χ4v) is 3.58. The van der Waals surface area contributed by atoms with Gasteiger partial charge in [-0.15, -0.1) is 0 Å². The largest absolute Gasteiger partial charge is 0.332 e. The van der Waals surface area contributed by atoms with E-state index in [0.717, 1.165) is 18.4 Å². The molecule has 0 aromatic carbocycles. The molecule has 0 saturated heterocycles. The first-order chi connectivity index (χ1) is 7.03. The van der Waals surface area contributed by atoms with Crippen LogP contribution in [0.25, 0.3) is 0 Å². The van der Waals surface area contributed by atoms with Crippen LogP contribution in [0.1, 0.15) is 32.3 Å². The van der Waals surface area contributed by atoms with Crippen molar-refractivity contribution in [2.45, 2.75) is 39.0 Å². The molecule has 2 unspecified atom stereocenters. The van der Waals surface area contributed by atoms with E-state index in [0.29, 0.717) is 0 Å². The van der Waals surface area contributed by atoms with Crippen molar-refractivity contribution in [1.82, 2.24) is 0 Å². The summed E-state index contributed by atoms with van der Waals surface area (Å²) in [6, 6.07) is 1.85. The van der Waals surface area contributed by atoms with Gasteiger partial charge in [-0.3, -0.25) is 4.57 Å². The molecule has 1 heterocycles. The van der Waals surface area contributed by atoms with Crippen LogP contribution in [0.5, 0.6) is 0 Å². The lowest BCUT2D eigenvalue weighted by atomic mass is 10.2. The van der Waals surface area contributed by atoms with Crippen molar-refractivity contribution in [2.24, 2.45) is 0 Å². The van der Waals surface area contributed by atoms with E-state index < -0.39 is 7.60 Å². The molecule has 0 amide bonds. The van der Waals surface area contributed by atoms with Crippen LogP contribution in [0.3, 0.4) is 0 Å². The van der Waals surface area contributed by atoms with Crippen LogP contribution in [0, 0.1) is 0 Å². The topological polar surface area (TPSA) is 46.5 Å².